The van der Waals surface area contributed by atoms with Crippen LogP contribution >= 0.6 is 24.0 Å². The van der Waals surface area contributed by atoms with Crippen LogP contribution in [0.5, 0.6) is 0 Å². The summed E-state index contributed by atoms with van der Waals surface area (Å²) in [7, 11) is 0. The summed E-state index contributed by atoms with van der Waals surface area (Å²) in [5, 5.41) is 3.11. The monoisotopic (exact) mass is 365 g/mol. The molecule has 5 heteroatoms. The second-order valence-corrected chi connectivity index (χ2v) is 4.75. The van der Waals surface area contributed by atoms with Gasteiger partial charge in [0.05, 0.1) is 6.54 Å². The average Bonchev–Trinajstić information content (AvgIpc) is 2.54. The number of nitrogens with zero attached hydrogens (tertiary/aromatic N) is 1. The molecule has 0 unspecified atom stereocenters. The number of furan rings is 1. The molecule has 1 aromatic rings. The molecule has 0 aliphatic rings. The molecule has 0 saturated carbocycles. The zero-order valence-electron chi connectivity index (χ0n) is 11.6. The number of nitrogens with one attached hydrogen (secondary N) is 1. The van der Waals surface area contributed by atoms with E-state index >= 15 is 0 Å². The average molecular weight is 365 g/mol. The smallest absolute Gasteiger partial charge is 0.188 e. The highest BCUT2D eigenvalue weighted by Gasteiger charge is 2.03. The van der Waals surface area contributed by atoms with Crippen LogP contribution in [0.2, 0.25) is 0 Å². The van der Waals surface area contributed by atoms with Crippen LogP contribution in [0.15, 0.2) is 15.5 Å². The molecule has 0 spiro atoms. The highest BCUT2D eigenvalue weighted by molar-refractivity contribution is 14.0. The van der Waals surface area contributed by atoms with E-state index in [0.29, 0.717) is 18.4 Å². The van der Waals surface area contributed by atoms with Gasteiger partial charge >= 0.3 is 0 Å². The largest absolute Gasteiger partial charge is 0.466 e. The van der Waals surface area contributed by atoms with Crippen LogP contribution in [0.3, 0.4) is 0 Å². The van der Waals surface area contributed by atoms with Crippen molar-refractivity contribution >= 4 is 29.9 Å². The van der Waals surface area contributed by atoms with Gasteiger partial charge in [-0.1, -0.05) is 13.8 Å². The molecule has 0 saturated heterocycles. The molecule has 0 bridgehead atoms. The fraction of sp³-hybridized carbons (Fsp3) is 0.615. The predicted octanol–water partition coefficient (Wildman–Crippen LogP) is 2.96. The number of aryl methyl sites for hydroxylation is 2. The molecule has 0 aliphatic carbocycles. The van der Waals surface area contributed by atoms with E-state index in [-0.39, 0.29) is 24.0 Å². The predicted molar refractivity (Wildman–Crippen MR) is 86.4 cm³/mol. The number of rotatable bonds is 5. The van der Waals surface area contributed by atoms with E-state index in [1.807, 2.05) is 19.9 Å². The lowest BCUT2D eigenvalue weighted by molar-refractivity contribution is 0.501. The molecule has 1 rings (SSSR count). The molecule has 0 aromatic carbocycles. The molecule has 18 heavy (non-hydrogen) atoms. The van der Waals surface area contributed by atoms with Crippen molar-refractivity contribution in [3.8, 4) is 0 Å². The first-order chi connectivity index (χ1) is 7.99. The van der Waals surface area contributed by atoms with Gasteiger partial charge < -0.3 is 15.5 Å². The van der Waals surface area contributed by atoms with Gasteiger partial charge in [0, 0.05) is 12.1 Å². The minimum absolute atomic E-state index is 0. The molecular weight excluding hydrogens is 341 g/mol. The Morgan fingerprint density at radius 2 is 2.11 bits per heavy atom. The first-order valence-electron chi connectivity index (χ1n) is 6.08. The summed E-state index contributed by atoms with van der Waals surface area (Å²) in [6.45, 7) is 9.70. The Morgan fingerprint density at radius 1 is 1.44 bits per heavy atom. The Morgan fingerprint density at radius 3 is 2.61 bits per heavy atom. The maximum Gasteiger partial charge on any atom is 0.188 e. The molecular formula is C13H24IN3O. The lowest BCUT2D eigenvalue weighted by Gasteiger charge is -2.07. The zero-order valence-corrected chi connectivity index (χ0v) is 13.9. The Bertz CT molecular complexity index is 386. The summed E-state index contributed by atoms with van der Waals surface area (Å²) in [5.41, 5.74) is 6.87. The summed E-state index contributed by atoms with van der Waals surface area (Å²) < 4.78 is 5.43. The number of guanidine groups is 1. The second-order valence-electron chi connectivity index (χ2n) is 4.75. The fourth-order valence-electron chi connectivity index (χ4n) is 1.56. The lowest BCUT2D eigenvalue weighted by Crippen LogP contribution is -2.32. The van der Waals surface area contributed by atoms with Gasteiger partial charge in [0.1, 0.15) is 11.5 Å². The van der Waals surface area contributed by atoms with Crippen LogP contribution in [0.4, 0.5) is 0 Å². The number of halogens is 1. The van der Waals surface area contributed by atoms with E-state index in [2.05, 4.69) is 24.2 Å². The third kappa shape index (κ3) is 6.28. The third-order valence-electron chi connectivity index (χ3n) is 2.59. The fourth-order valence-corrected chi connectivity index (χ4v) is 1.56. The quantitative estimate of drug-likeness (QED) is 0.479. The number of hydrogen-bond donors (Lipinski definition) is 2. The van der Waals surface area contributed by atoms with Crippen molar-refractivity contribution < 1.29 is 4.42 Å². The molecule has 0 radical (unpaired) electrons. The van der Waals surface area contributed by atoms with Crippen molar-refractivity contribution in [3.63, 3.8) is 0 Å². The number of nitrogens with two attached hydrogens (primary N) is 1. The summed E-state index contributed by atoms with van der Waals surface area (Å²) in [6, 6.07) is 2.00. The van der Waals surface area contributed by atoms with E-state index in [1.165, 1.54) is 0 Å². The van der Waals surface area contributed by atoms with E-state index in [0.717, 1.165) is 30.0 Å². The van der Waals surface area contributed by atoms with Crippen molar-refractivity contribution in [2.75, 3.05) is 6.54 Å². The van der Waals surface area contributed by atoms with Crippen LogP contribution < -0.4 is 11.1 Å². The van der Waals surface area contributed by atoms with Crippen LogP contribution in [-0.2, 0) is 6.54 Å². The SMILES string of the molecule is Cc1cc(CN=C(N)NCCC(C)C)c(C)o1.I. The van der Waals surface area contributed by atoms with Gasteiger partial charge in [0.2, 0.25) is 0 Å². The van der Waals surface area contributed by atoms with Crippen LogP contribution in [0.25, 0.3) is 0 Å². The topological polar surface area (TPSA) is 63.5 Å². The molecule has 0 amide bonds. The van der Waals surface area contributed by atoms with Crippen LogP contribution in [0.1, 0.15) is 37.4 Å². The molecule has 1 aromatic heterocycles. The lowest BCUT2D eigenvalue weighted by atomic mass is 10.1. The molecule has 0 aliphatic heterocycles. The highest BCUT2D eigenvalue weighted by Crippen LogP contribution is 2.14. The molecule has 0 fully saturated rings. The van der Waals surface area contributed by atoms with Gasteiger partial charge in [-0.15, -0.1) is 24.0 Å². The van der Waals surface area contributed by atoms with Gasteiger partial charge in [-0.25, -0.2) is 4.99 Å². The van der Waals surface area contributed by atoms with E-state index in [1.54, 1.807) is 0 Å². The van der Waals surface area contributed by atoms with Crippen molar-refractivity contribution in [1.82, 2.24) is 5.32 Å². The Labute approximate surface area is 126 Å². The maximum atomic E-state index is 5.77. The Hall–Kier alpha value is -0.720. The van der Waals surface area contributed by atoms with Gasteiger partial charge in [-0.05, 0) is 32.3 Å². The first kappa shape index (κ1) is 17.3. The summed E-state index contributed by atoms with van der Waals surface area (Å²) in [4.78, 5) is 4.29. The zero-order chi connectivity index (χ0) is 12.8. The summed E-state index contributed by atoms with van der Waals surface area (Å²) >= 11 is 0. The minimum atomic E-state index is 0. The van der Waals surface area contributed by atoms with Gasteiger partial charge in [-0.3, -0.25) is 0 Å². The van der Waals surface area contributed by atoms with Crippen molar-refractivity contribution in [2.24, 2.45) is 16.6 Å². The minimum Gasteiger partial charge on any atom is -0.466 e. The number of aliphatic imine (C=N–C) groups is 1. The summed E-state index contributed by atoms with van der Waals surface area (Å²) in [6.07, 6.45) is 1.10. The van der Waals surface area contributed by atoms with E-state index < -0.39 is 0 Å². The van der Waals surface area contributed by atoms with Crippen LogP contribution in [-0.4, -0.2) is 12.5 Å². The molecule has 0 atom stereocenters. The molecule has 4 nitrogen and oxygen atoms in total. The summed E-state index contributed by atoms with van der Waals surface area (Å²) in [5.74, 6) is 3.01. The Kier molecular flexibility index (Phi) is 8.06. The van der Waals surface area contributed by atoms with Crippen LogP contribution in [0, 0.1) is 19.8 Å². The second kappa shape index (κ2) is 8.39. The van der Waals surface area contributed by atoms with Gasteiger partial charge in [0.25, 0.3) is 0 Å². The van der Waals surface area contributed by atoms with Gasteiger partial charge in [0.15, 0.2) is 5.96 Å². The molecule has 1 heterocycles. The Balaban J connectivity index is 0.00000289. The maximum absolute atomic E-state index is 5.77. The number of hydrogen-bond acceptors (Lipinski definition) is 2. The standard InChI is InChI=1S/C13H23N3O.HI/c1-9(2)5-6-15-13(14)16-8-12-7-10(3)17-11(12)4;/h7,9H,5-6,8H2,1-4H3,(H3,14,15,16);1H. The normalized spacial score (nSPS) is 11.5. The van der Waals surface area contributed by atoms with Gasteiger partial charge in [-0.2, -0.15) is 0 Å². The van der Waals surface area contributed by atoms with Crippen molar-refractivity contribution in [2.45, 2.75) is 40.7 Å². The third-order valence-corrected chi connectivity index (χ3v) is 2.59. The molecule has 104 valence electrons. The van der Waals surface area contributed by atoms with E-state index in [4.69, 9.17) is 10.2 Å². The van der Waals surface area contributed by atoms with E-state index in [9.17, 15) is 0 Å². The van der Waals surface area contributed by atoms with Crippen molar-refractivity contribution in [3.05, 3.63) is 23.2 Å². The van der Waals surface area contributed by atoms with Crippen molar-refractivity contribution in [1.29, 1.82) is 0 Å². The first-order valence-corrected chi connectivity index (χ1v) is 6.08. The highest BCUT2D eigenvalue weighted by atomic mass is 127. The molecule has 3 N–H and O–H groups in total.